The van der Waals surface area contributed by atoms with Crippen molar-refractivity contribution in [1.82, 2.24) is 14.4 Å². The van der Waals surface area contributed by atoms with Crippen molar-refractivity contribution in [2.24, 2.45) is 0 Å². The molecule has 11 heteroatoms. The Bertz CT molecular complexity index is 1690. The standard InChI is InChI=1S/C31H32N4O6S/c1-5-7-10-17-41-21-14-12-20(13-15-21)25-23(26(36)24-18(3)32-22-11-8-9-16-34(22)24)27(37)29(38)35(25)31-33-19(4)28(42-31)30(39)40-6-2/h8-9,11-16,25,36H,5-7,10,17H2,1-4H3/b26-23+. The van der Waals surface area contributed by atoms with E-state index >= 15 is 0 Å². The monoisotopic (exact) mass is 588 g/mol. The van der Waals surface area contributed by atoms with E-state index < -0.39 is 23.7 Å². The SMILES string of the molecule is CCCCCOc1ccc(C2/C(=C(\O)c3c(C)nc4ccccn34)C(=O)C(=O)N2c2nc(C)c(C(=O)OCC)s2)cc1. The van der Waals surface area contributed by atoms with E-state index in [0.717, 1.165) is 30.6 Å². The number of rotatable bonds is 10. The number of pyridine rings is 1. The number of ketones is 1. The summed E-state index contributed by atoms with van der Waals surface area (Å²) in [6.07, 6.45) is 4.82. The minimum absolute atomic E-state index is 0.101. The molecule has 1 aromatic carbocycles. The first kappa shape index (κ1) is 29.0. The average molecular weight is 589 g/mol. The predicted octanol–water partition coefficient (Wildman–Crippen LogP) is 5.78. The van der Waals surface area contributed by atoms with Gasteiger partial charge in [-0.25, -0.2) is 14.8 Å². The molecule has 1 aliphatic heterocycles. The van der Waals surface area contributed by atoms with Crippen LogP contribution in [0, 0.1) is 13.8 Å². The van der Waals surface area contributed by atoms with Crippen molar-refractivity contribution in [2.45, 2.75) is 53.0 Å². The highest BCUT2D eigenvalue weighted by Gasteiger charge is 2.49. The van der Waals surface area contributed by atoms with Crippen LogP contribution in [0.4, 0.5) is 5.13 Å². The number of fused-ring (bicyclic) bond motifs is 1. The van der Waals surface area contributed by atoms with E-state index in [1.807, 2.05) is 6.07 Å². The molecule has 1 fully saturated rings. The van der Waals surface area contributed by atoms with Crippen LogP contribution >= 0.6 is 11.3 Å². The van der Waals surface area contributed by atoms with Crippen LogP contribution in [0.25, 0.3) is 11.4 Å². The van der Waals surface area contributed by atoms with Gasteiger partial charge < -0.3 is 14.6 Å². The quantitative estimate of drug-likeness (QED) is 0.0813. The Labute approximate surface area is 247 Å². The van der Waals surface area contributed by atoms with Crippen LogP contribution < -0.4 is 9.64 Å². The van der Waals surface area contributed by atoms with Crippen molar-refractivity contribution in [3.05, 3.63) is 81.8 Å². The summed E-state index contributed by atoms with van der Waals surface area (Å²) in [5.74, 6) is -1.99. The van der Waals surface area contributed by atoms with E-state index in [2.05, 4.69) is 16.9 Å². The van der Waals surface area contributed by atoms with Crippen molar-refractivity contribution < 1.29 is 29.0 Å². The molecule has 42 heavy (non-hydrogen) atoms. The third kappa shape index (κ3) is 5.27. The smallest absolute Gasteiger partial charge is 0.350 e. The molecule has 5 rings (SSSR count). The van der Waals surface area contributed by atoms with Gasteiger partial charge in [0.25, 0.3) is 5.78 Å². The van der Waals surface area contributed by atoms with E-state index in [0.29, 0.717) is 40.6 Å². The third-order valence-corrected chi connectivity index (χ3v) is 8.17. The van der Waals surface area contributed by atoms with Crippen molar-refractivity contribution in [3.63, 3.8) is 0 Å². The number of esters is 1. The summed E-state index contributed by atoms with van der Waals surface area (Å²) in [6.45, 7) is 7.96. The van der Waals surface area contributed by atoms with Gasteiger partial charge in [-0.1, -0.05) is 49.3 Å². The predicted molar refractivity (Wildman–Crippen MR) is 159 cm³/mol. The number of aromatic nitrogens is 3. The summed E-state index contributed by atoms with van der Waals surface area (Å²) in [6, 6.07) is 11.5. The molecular weight excluding hydrogens is 556 g/mol. The van der Waals surface area contributed by atoms with E-state index in [9.17, 15) is 19.5 Å². The largest absolute Gasteiger partial charge is 0.505 e. The fourth-order valence-electron chi connectivity index (χ4n) is 5.03. The van der Waals surface area contributed by atoms with Gasteiger partial charge in [0.1, 0.15) is 22.0 Å². The van der Waals surface area contributed by atoms with E-state index in [1.165, 1.54) is 4.90 Å². The number of Topliss-reactive ketones (excluding diaryl/α,β-unsaturated/α-hetero) is 1. The Morgan fingerprint density at radius 3 is 2.50 bits per heavy atom. The second kappa shape index (κ2) is 12.2. The third-order valence-electron chi connectivity index (χ3n) is 7.04. The summed E-state index contributed by atoms with van der Waals surface area (Å²) in [5, 5.41) is 11.9. The topological polar surface area (TPSA) is 123 Å². The fraction of sp³-hybridized carbons (Fsp3) is 0.323. The lowest BCUT2D eigenvalue weighted by Gasteiger charge is -2.23. The molecule has 1 N–H and O–H groups in total. The normalized spacial score (nSPS) is 16.4. The molecule has 0 bridgehead atoms. The number of ether oxygens (including phenoxy) is 2. The number of imidazole rings is 1. The molecule has 1 amide bonds. The Kier molecular flexibility index (Phi) is 8.39. The molecule has 4 heterocycles. The van der Waals surface area contributed by atoms with Gasteiger partial charge in [0.2, 0.25) is 0 Å². The molecule has 0 aliphatic carbocycles. The first-order chi connectivity index (χ1) is 20.3. The van der Waals surface area contributed by atoms with Crippen molar-refractivity contribution in [2.75, 3.05) is 18.1 Å². The zero-order chi connectivity index (χ0) is 30.0. The molecular formula is C31H32N4O6S. The van der Waals surface area contributed by atoms with E-state index in [1.54, 1.807) is 67.8 Å². The van der Waals surface area contributed by atoms with Crippen LogP contribution in [0.3, 0.4) is 0 Å². The van der Waals surface area contributed by atoms with Gasteiger partial charge in [-0.15, -0.1) is 0 Å². The zero-order valence-electron chi connectivity index (χ0n) is 23.9. The highest BCUT2D eigenvalue weighted by Crippen LogP contribution is 2.44. The van der Waals surface area contributed by atoms with E-state index in [-0.39, 0.29) is 27.9 Å². The molecule has 0 saturated carbocycles. The number of hydrogen-bond acceptors (Lipinski definition) is 9. The minimum Gasteiger partial charge on any atom is -0.505 e. The van der Waals surface area contributed by atoms with Gasteiger partial charge in [-0.3, -0.25) is 18.9 Å². The summed E-state index contributed by atoms with van der Waals surface area (Å²) in [4.78, 5) is 50.3. The number of nitrogens with zero attached hydrogens (tertiary/aromatic N) is 4. The van der Waals surface area contributed by atoms with Gasteiger partial charge >= 0.3 is 11.9 Å². The molecule has 0 spiro atoms. The maximum atomic E-state index is 13.7. The fourth-order valence-corrected chi connectivity index (χ4v) is 6.02. The summed E-state index contributed by atoms with van der Waals surface area (Å²) in [7, 11) is 0. The van der Waals surface area contributed by atoms with Gasteiger partial charge in [0, 0.05) is 6.20 Å². The highest BCUT2D eigenvalue weighted by atomic mass is 32.1. The second-order valence-corrected chi connectivity index (χ2v) is 10.9. The highest BCUT2D eigenvalue weighted by molar-refractivity contribution is 7.17. The van der Waals surface area contributed by atoms with Gasteiger partial charge in [-0.05, 0) is 57.0 Å². The van der Waals surface area contributed by atoms with Crippen LogP contribution in [0.2, 0.25) is 0 Å². The number of thiazole rings is 1. The first-order valence-electron chi connectivity index (χ1n) is 13.9. The second-order valence-electron chi connectivity index (χ2n) is 9.90. The molecule has 3 aromatic heterocycles. The molecule has 4 aromatic rings. The Morgan fingerprint density at radius 1 is 1.02 bits per heavy atom. The summed E-state index contributed by atoms with van der Waals surface area (Å²) >= 11 is 0.966. The number of unbranched alkanes of at least 4 members (excludes halogenated alkanes) is 2. The maximum absolute atomic E-state index is 13.7. The number of anilines is 1. The molecule has 1 atom stereocenters. The lowest BCUT2D eigenvalue weighted by molar-refractivity contribution is -0.132. The Hall–Kier alpha value is -4.51. The van der Waals surface area contributed by atoms with Crippen molar-refractivity contribution >= 4 is 45.5 Å². The Balaban J connectivity index is 1.64. The number of carbonyl (C=O) groups is 3. The minimum atomic E-state index is -1.02. The lowest BCUT2D eigenvalue weighted by atomic mass is 9.96. The maximum Gasteiger partial charge on any atom is 0.350 e. The van der Waals surface area contributed by atoms with Gasteiger partial charge in [-0.2, -0.15) is 0 Å². The lowest BCUT2D eigenvalue weighted by Crippen LogP contribution is -2.29. The average Bonchev–Trinajstić information content (AvgIpc) is 3.61. The molecule has 10 nitrogen and oxygen atoms in total. The van der Waals surface area contributed by atoms with Crippen LogP contribution in [-0.2, 0) is 14.3 Å². The number of carbonyl (C=O) groups excluding carboxylic acids is 3. The molecule has 1 saturated heterocycles. The summed E-state index contributed by atoms with van der Waals surface area (Å²) < 4.78 is 12.7. The van der Waals surface area contributed by atoms with Gasteiger partial charge in [0.15, 0.2) is 10.9 Å². The number of amides is 1. The molecule has 0 radical (unpaired) electrons. The van der Waals surface area contributed by atoms with Crippen molar-refractivity contribution in [3.8, 4) is 5.75 Å². The zero-order valence-corrected chi connectivity index (χ0v) is 24.7. The number of benzene rings is 1. The molecule has 1 aliphatic rings. The van der Waals surface area contributed by atoms with Gasteiger partial charge in [0.05, 0.1) is 36.2 Å². The Morgan fingerprint density at radius 2 is 1.79 bits per heavy atom. The number of aryl methyl sites for hydroxylation is 2. The van der Waals surface area contributed by atoms with Crippen LogP contribution in [-0.4, -0.2) is 50.3 Å². The number of aliphatic hydroxyl groups excluding tert-OH is 1. The number of aliphatic hydroxyl groups is 1. The van der Waals surface area contributed by atoms with Crippen LogP contribution in [0.5, 0.6) is 5.75 Å². The first-order valence-corrected chi connectivity index (χ1v) is 14.7. The van der Waals surface area contributed by atoms with Crippen molar-refractivity contribution in [1.29, 1.82) is 0 Å². The van der Waals surface area contributed by atoms with Crippen LogP contribution in [0.15, 0.2) is 54.2 Å². The van der Waals surface area contributed by atoms with E-state index in [4.69, 9.17) is 9.47 Å². The van der Waals surface area contributed by atoms with Crippen LogP contribution in [0.1, 0.15) is 71.5 Å². The number of hydrogen-bond donors (Lipinski definition) is 1. The molecule has 1 unspecified atom stereocenters. The molecule has 218 valence electrons. The summed E-state index contributed by atoms with van der Waals surface area (Å²) in [5.41, 5.74) is 2.23.